The van der Waals surface area contributed by atoms with Gasteiger partial charge in [0.2, 0.25) is 0 Å². The molecule has 0 saturated carbocycles. The van der Waals surface area contributed by atoms with Gasteiger partial charge in [-0.05, 0) is 67.4 Å². The highest BCUT2D eigenvalue weighted by Crippen LogP contribution is 2.45. The van der Waals surface area contributed by atoms with Crippen LogP contribution in [0.15, 0.2) is 24.3 Å². The van der Waals surface area contributed by atoms with E-state index in [2.05, 4.69) is 128 Å². The first-order valence-corrected chi connectivity index (χ1v) is 15.0. The van der Waals surface area contributed by atoms with Crippen molar-refractivity contribution < 1.29 is 5.11 Å². The molecule has 0 heterocycles. The van der Waals surface area contributed by atoms with Crippen LogP contribution in [0.5, 0.6) is 5.75 Å². The summed E-state index contributed by atoms with van der Waals surface area (Å²) in [5.74, 6) is 0.455. The smallest absolute Gasteiger partial charge is 0.119 e. The monoisotopic (exact) mass is 506 g/mol. The third kappa shape index (κ3) is 6.85. The molecule has 0 amide bonds. The van der Waals surface area contributed by atoms with Gasteiger partial charge < -0.3 is 5.11 Å². The van der Waals surface area contributed by atoms with E-state index in [4.69, 9.17) is 0 Å². The molecular formula is C34H54OSi. The molecule has 0 bridgehead atoms. The van der Waals surface area contributed by atoms with E-state index in [-0.39, 0.29) is 27.1 Å². The van der Waals surface area contributed by atoms with Gasteiger partial charge in [0, 0.05) is 5.56 Å². The number of benzene rings is 2. The minimum absolute atomic E-state index is 0.0327. The lowest BCUT2D eigenvalue weighted by Gasteiger charge is -2.37. The molecule has 2 heteroatoms. The number of hydrogen-bond acceptors (Lipinski definition) is 1. The second-order valence-electron chi connectivity index (χ2n) is 15.8. The Kier molecular flexibility index (Phi) is 8.50. The van der Waals surface area contributed by atoms with Crippen LogP contribution in [0.4, 0.5) is 0 Å². The SMILES string of the molecule is CC(C)(C)c1cc(O)c(C(C)(C)C)c(C(C)(C)C)c1CC[Si]c1cccc(C(C)(C)C)c1C(C)(C)C. The molecule has 0 saturated heterocycles. The zero-order valence-electron chi connectivity index (χ0n) is 26.2. The Morgan fingerprint density at radius 3 is 1.47 bits per heavy atom. The predicted molar refractivity (Wildman–Crippen MR) is 162 cm³/mol. The Labute approximate surface area is 226 Å². The number of aromatic hydroxyl groups is 1. The van der Waals surface area contributed by atoms with E-state index >= 15 is 0 Å². The minimum atomic E-state index is -0.124. The lowest BCUT2D eigenvalue weighted by Crippen LogP contribution is -2.33. The maximum absolute atomic E-state index is 11.3. The first-order valence-electron chi connectivity index (χ1n) is 13.8. The molecule has 0 unspecified atom stereocenters. The maximum atomic E-state index is 11.3. The highest BCUT2D eigenvalue weighted by molar-refractivity contribution is 6.54. The van der Waals surface area contributed by atoms with Crippen LogP contribution in [0.1, 0.15) is 137 Å². The molecule has 2 radical (unpaired) electrons. The van der Waals surface area contributed by atoms with Crippen molar-refractivity contribution in [2.45, 2.75) is 143 Å². The van der Waals surface area contributed by atoms with Crippen LogP contribution in [0.3, 0.4) is 0 Å². The lowest BCUT2D eigenvalue weighted by atomic mass is 9.68. The largest absolute Gasteiger partial charge is 0.508 e. The summed E-state index contributed by atoms with van der Waals surface area (Å²) < 4.78 is 0. The molecule has 2 rings (SSSR count). The van der Waals surface area contributed by atoms with Crippen molar-refractivity contribution in [1.82, 2.24) is 0 Å². The number of phenols is 1. The van der Waals surface area contributed by atoms with E-state index in [9.17, 15) is 5.11 Å². The Hall–Kier alpha value is -1.54. The predicted octanol–water partition coefficient (Wildman–Crippen LogP) is 8.87. The number of rotatable bonds is 4. The average Bonchev–Trinajstić information content (AvgIpc) is 2.64. The van der Waals surface area contributed by atoms with Gasteiger partial charge in [0.1, 0.15) is 5.75 Å². The van der Waals surface area contributed by atoms with Crippen LogP contribution in [-0.4, -0.2) is 14.6 Å². The first-order chi connectivity index (χ1) is 16.0. The fraction of sp³-hybridized carbons (Fsp3) is 0.647. The second kappa shape index (κ2) is 9.97. The summed E-state index contributed by atoms with van der Waals surface area (Å²) in [6.07, 6.45) is 1.03. The summed E-state index contributed by atoms with van der Waals surface area (Å²) in [5, 5.41) is 12.8. The molecule has 0 atom stereocenters. The van der Waals surface area contributed by atoms with Crippen molar-refractivity contribution in [3.8, 4) is 5.75 Å². The second-order valence-corrected chi connectivity index (χ2v) is 17.2. The van der Waals surface area contributed by atoms with Crippen LogP contribution in [0.25, 0.3) is 0 Å². The van der Waals surface area contributed by atoms with E-state index in [1.165, 1.54) is 33.0 Å². The first kappa shape index (κ1) is 30.7. The number of hydrogen-bond donors (Lipinski definition) is 1. The van der Waals surface area contributed by atoms with Crippen LogP contribution < -0.4 is 5.19 Å². The molecule has 200 valence electrons. The summed E-state index contributed by atoms with van der Waals surface area (Å²) in [5.41, 5.74) is 8.25. The highest BCUT2D eigenvalue weighted by Gasteiger charge is 2.34. The van der Waals surface area contributed by atoms with Gasteiger partial charge in [-0.1, -0.05) is 133 Å². The van der Waals surface area contributed by atoms with Gasteiger partial charge >= 0.3 is 0 Å². The maximum Gasteiger partial charge on any atom is 0.119 e. The Bertz CT molecular complexity index is 1070. The van der Waals surface area contributed by atoms with Crippen LogP contribution >= 0.6 is 0 Å². The molecule has 0 aliphatic carbocycles. The van der Waals surface area contributed by atoms with Crippen molar-refractivity contribution in [3.05, 3.63) is 57.6 Å². The molecule has 0 aliphatic rings. The zero-order chi connectivity index (χ0) is 28.1. The molecule has 0 spiro atoms. The third-order valence-electron chi connectivity index (χ3n) is 7.04. The minimum Gasteiger partial charge on any atom is -0.508 e. The summed E-state index contributed by atoms with van der Waals surface area (Å²) in [7, 11) is 0.756. The van der Waals surface area contributed by atoms with Crippen molar-refractivity contribution in [3.63, 3.8) is 0 Å². The van der Waals surface area contributed by atoms with Gasteiger partial charge in [0.25, 0.3) is 0 Å². The summed E-state index contributed by atoms with van der Waals surface area (Å²) in [6, 6.07) is 10.2. The Morgan fingerprint density at radius 2 is 1.06 bits per heavy atom. The van der Waals surface area contributed by atoms with E-state index < -0.39 is 0 Å². The summed E-state index contributed by atoms with van der Waals surface area (Å²) in [6.45, 7) is 34.5. The van der Waals surface area contributed by atoms with Crippen molar-refractivity contribution >= 4 is 14.7 Å². The molecule has 1 nitrogen and oxygen atoms in total. The molecule has 0 aromatic heterocycles. The molecule has 2 aromatic carbocycles. The van der Waals surface area contributed by atoms with E-state index in [1.54, 1.807) is 0 Å². The van der Waals surface area contributed by atoms with E-state index in [0.717, 1.165) is 27.5 Å². The summed E-state index contributed by atoms with van der Waals surface area (Å²) in [4.78, 5) is 0. The number of phenolic OH excluding ortho intramolecular Hbond substituents is 1. The van der Waals surface area contributed by atoms with Crippen LogP contribution in [0.2, 0.25) is 6.04 Å². The van der Waals surface area contributed by atoms with Crippen LogP contribution in [-0.2, 0) is 33.5 Å². The van der Waals surface area contributed by atoms with Gasteiger partial charge in [-0.2, -0.15) is 0 Å². The van der Waals surface area contributed by atoms with E-state index in [1.807, 2.05) is 0 Å². The molecule has 36 heavy (non-hydrogen) atoms. The van der Waals surface area contributed by atoms with Gasteiger partial charge in [0.15, 0.2) is 0 Å². The highest BCUT2D eigenvalue weighted by atomic mass is 28.2. The van der Waals surface area contributed by atoms with Crippen molar-refractivity contribution in [2.75, 3.05) is 0 Å². The fourth-order valence-corrected chi connectivity index (χ4v) is 7.23. The van der Waals surface area contributed by atoms with Crippen molar-refractivity contribution in [2.24, 2.45) is 0 Å². The summed E-state index contributed by atoms with van der Waals surface area (Å²) >= 11 is 0. The lowest BCUT2D eigenvalue weighted by molar-refractivity contribution is 0.428. The molecule has 0 fully saturated rings. The quantitative estimate of drug-likeness (QED) is 0.410. The molecule has 0 aliphatic heterocycles. The topological polar surface area (TPSA) is 20.2 Å². The average molecular weight is 507 g/mol. The standard InChI is InChI=1S/C34H54OSi/c1-30(2,3)23-17-16-18-26(28(23)33(10,11)12)36-20-19-22-24(31(4,5)6)21-25(35)29(34(13,14)15)27(22)32(7,8)9/h16-18,21,35H,19-20H2,1-15H3. The van der Waals surface area contributed by atoms with Gasteiger partial charge in [-0.25, -0.2) is 0 Å². The Morgan fingerprint density at radius 1 is 0.583 bits per heavy atom. The normalized spacial score (nSPS) is 13.9. The van der Waals surface area contributed by atoms with Gasteiger partial charge in [-0.3, -0.25) is 0 Å². The third-order valence-corrected chi connectivity index (χ3v) is 8.33. The molecule has 1 N–H and O–H groups in total. The zero-order valence-corrected chi connectivity index (χ0v) is 27.2. The van der Waals surface area contributed by atoms with Gasteiger partial charge in [-0.15, -0.1) is 0 Å². The van der Waals surface area contributed by atoms with Crippen LogP contribution in [0, 0.1) is 0 Å². The van der Waals surface area contributed by atoms with E-state index in [0.29, 0.717) is 5.75 Å². The fourth-order valence-electron chi connectivity index (χ4n) is 5.68. The Balaban J connectivity index is 2.67. The van der Waals surface area contributed by atoms with Crippen molar-refractivity contribution in [1.29, 1.82) is 0 Å². The van der Waals surface area contributed by atoms with Gasteiger partial charge in [0.05, 0.1) is 9.52 Å². The molecular weight excluding hydrogens is 452 g/mol. The molecule has 2 aromatic rings.